The molecule has 0 saturated heterocycles. The van der Waals surface area contributed by atoms with Crippen molar-refractivity contribution in [1.29, 1.82) is 0 Å². The first-order valence-corrected chi connectivity index (χ1v) is 7.05. The third-order valence-corrected chi connectivity index (χ3v) is 4.20. The Balaban J connectivity index is 2.55. The second-order valence-electron chi connectivity index (χ2n) is 5.54. The summed E-state index contributed by atoms with van der Waals surface area (Å²) in [6.07, 6.45) is 0. The first kappa shape index (κ1) is 14.6. The zero-order valence-corrected chi connectivity index (χ0v) is 13.1. The first-order valence-electron chi connectivity index (χ1n) is 7.05. The standard InChI is InChI=1S/C18H24N2/c1-12-9-13(2)15(4)18(14(12)3)20(5)17-8-6-7-16(10-17)11-19/h6-10H,11,19H2,1-5H3. The monoisotopic (exact) mass is 268 g/mol. The van der Waals surface area contributed by atoms with Crippen molar-refractivity contribution in [3.8, 4) is 0 Å². The SMILES string of the molecule is Cc1cc(C)c(C)c(N(C)c2cccc(CN)c2)c1C. The van der Waals surface area contributed by atoms with Gasteiger partial charge in [-0.2, -0.15) is 0 Å². The lowest BCUT2D eigenvalue weighted by Gasteiger charge is -2.26. The highest BCUT2D eigenvalue weighted by Crippen LogP contribution is 2.34. The Bertz CT molecular complexity index is 603. The van der Waals surface area contributed by atoms with Crippen LogP contribution in [0.4, 0.5) is 11.4 Å². The summed E-state index contributed by atoms with van der Waals surface area (Å²) in [5.41, 5.74) is 14.8. The quantitative estimate of drug-likeness (QED) is 0.906. The zero-order chi connectivity index (χ0) is 14.9. The van der Waals surface area contributed by atoms with Gasteiger partial charge in [0.05, 0.1) is 0 Å². The third kappa shape index (κ3) is 2.56. The second kappa shape index (κ2) is 5.68. The summed E-state index contributed by atoms with van der Waals surface area (Å²) in [4.78, 5) is 2.27. The molecule has 20 heavy (non-hydrogen) atoms. The highest BCUT2D eigenvalue weighted by Gasteiger charge is 2.14. The van der Waals surface area contributed by atoms with Crippen molar-refractivity contribution in [2.24, 2.45) is 5.73 Å². The molecule has 0 aromatic heterocycles. The summed E-state index contributed by atoms with van der Waals surface area (Å²) < 4.78 is 0. The van der Waals surface area contributed by atoms with Crippen molar-refractivity contribution in [2.45, 2.75) is 34.2 Å². The van der Waals surface area contributed by atoms with Gasteiger partial charge in [0.15, 0.2) is 0 Å². The van der Waals surface area contributed by atoms with E-state index < -0.39 is 0 Å². The van der Waals surface area contributed by atoms with Crippen LogP contribution in [0.3, 0.4) is 0 Å². The maximum Gasteiger partial charge on any atom is 0.0472 e. The van der Waals surface area contributed by atoms with E-state index in [0.717, 1.165) is 5.56 Å². The van der Waals surface area contributed by atoms with E-state index in [1.54, 1.807) is 0 Å². The van der Waals surface area contributed by atoms with Gasteiger partial charge in [0.1, 0.15) is 0 Å². The molecule has 0 radical (unpaired) electrons. The van der Waals surface area contributed by atoms with Crippen molar-refractivity contribution in [1.82, 2.24) is 0 Å². The Morgan fingerprint density at radius 3 is 2.10 bits per heavy atom. The molecular formula is C18H24N2. The molecule has 0 spiro atoms. The molecule has 0 heterocycles. The lowest BCUT2D eigenvalue weighted by molar-refractivity contribution is 1.06. The largest absolute Gasteiger partial charge is 0.344 e. The molecule has 2 N–H and O–H groups in total. The van der Waals surface area contributed by atoms with E-state index in [9.17, 15) is 0 Å². The van der Waals surface area contributed by atoms with Gasteiger partial charge in [0.2, 0.25) is 0 Å². The summed E-state index contributed by atoms with van der Waals surface area (Å²) >= 11 is 0. The zero-order valence-electron chi connectivity index (χ0n) is 13.1. The molecule has 0 aliphatic rings. The minimum Gasteiger partial charge on any atom is -0.344 e. The fourth-order valence-electron chi connectivity index (χ4n) is 2.72. The maximum atomic E-state index is 5.75. The van der Waals surface area contributed by atoms with Crippen molar-refractivity contribution in [3.05, 3.63) is 58.1 Å². The van der Waals surface area contributed by atoms with Gasteiger partial charge in [-0.15, -0.1) is 0 Å². The molecule has 106 valence electrons. The minimum atomic E-state index is 0.576. The Morgan fingerprint density at radius 1 is 0.950 bits per heavy atom. The van der Waals surface area contributed by atoms with Crippen LogP contribution in [0, 0.1) is 27.7 Å². The van der Waals surface area contributed by atoms with Gasteiger partial charge < -0.3 is 10.6 Å². The van der Waals surface area contributed by atoms with Crippen LogP contribution in [-0.2, 0) is 6.54 Å². The van der Waals surface area contributed by atoms with Gasteiger partial charge >= 0.3 is 0 Å². The van der Waals surface area contributed by atoms with Crippen LogP contribution in [0.2, 0.25) is 0 Å². The second-order valence-corrected chi connectivity index (χ2v) is 5.54. The molecule has 0 aliphatic carbocycles. The van der Waals surface area contributed by atoms with Gasteiger partial charge in [0, 0.05) is 25.0 Å². The number of nitrogens with zero attached hydrogens (tertiary/aromatic N) is 1. The van der Waals surface area contributed by atoms with Crippen LogP contribution in [0.15, 0.2) is 30.3 Å². The molecule has 0 unspecified atom stereocenters. The molecule has 2 aromatic rings. The van der Waals surface area contributed by atoms with Crippen LogP contribution in [-0.4, -0.2) is 7.05 Å². The number of hydrogen-bond acceptors (Lipinski definition) is 2. The molecule has 0 atom stereocenters. The fraction of sp³-hybridized carbons (Fsp3) is 0.333. The molecular weight excluding hydrogens is 244 g/mol. The van der Waals surface area contributed by atoms with Gasteiger partial charge in [-0.05, 0) is 67.6 Å². The molecule has 2 heteroatoms. The topological polar surface area (TPSA) is 29.3 Å². The highest BCUT2D eigenvalue weighted by atomic mass is 15.1. The molecule has 2 rings (SSSR count). The van der Waals surface area contributed by atoms with Crippen molar-refractivity contribution >= 4 is 11.4 Å². The van der Waals surface area contributed by atoms with E-state index in [4.69, 9.17) is 5.73 Å². The highest BCUT2D eigenvalue weighted by molar-refractivity contribution is 5.71. The van der Waals surface area contributed by atoms with Gasteiger partial charge in [-0.3, -0.25) is 0 Å². The van der Waals surface area contributed by atoms with Crippen molar-refractivity contribution in [2.75, 3.05) is 11.9 Å². The van der Waals surface area contributed by atoms with E-state index in [1.807, 2.05) is 0 Å². The lowest BCUT2D eigenvalue weighted by atomic mass is 9.97. The summed E-state index contributed by atoms with van der Waals surface area (Å²) in [7, 11) is 2.13. The molecule has 0 amide bonds. The number of aryl methyl sites for hydroxylation is 2. The van der Waals surface area contributed by atoms with Crippen LogP contribution in [0.5, 0.6) is 0 Å². The fourth-order valence-corrected chi connectivity index (χ4v) is 2.72. The minimum absolute atomic E-state index is 0.576. The Kier molecular flexibility index (Phi) is 4.15. The predicted octanol–water partition coefficient (Wildman–Crippen LogP) is 4.15. The first-order chi connectivity index (χ1) is 9.45. The van der Waals surface area contributed by atoms with E-state index in [1.165, 1.54) is 33.6 Å². The van der Waals surface area contributed by atoms with Gasteiger partial charge in [-0.1, -0.05) is 18.2 Å². The molecule has 0 bridgehead atoms. The molecule has 2 nitrogen and oxygen atoms in total. The lowest BCUT2D eigenvalue weighted by Crippen LogP contribution is -2.14. The van der Waals surface area contributed by atoms with Crippen LogP contribution in [0.1, 0.15) is 27.8 Å². The average Bonchev–Trinajstić information content (AvgIpc) is 2.45. The van der Waals surface area contributed by atoms with E-state index in [2.05, 4.69) is 70.0 Å². The van der Waals surface area contributed by atoms with Crippen LogP contribution in [0.25, 0.3) is 0 Å². The number of anilines is 2. The summed E-state index contributed by atoms with van der Waals surface area (Å²) in [6.45, 7) is 9.32. The molecule has 0 saturated carbocycles. The molecule has 2 aromatic carbocycles. The maximum absolute atomic E-state index is 5.75. The number of rotatable bonds is 3. The summed E-state index contributed by atoms with van der Waals surface area (Å²) in [6, 6.07) is 10.7. The van der Waals surface area contributed by atoms with E-state index >= 15 is 0 Å². The van der Waals surface area contributed by atoms with Gasteiger partial charge in [0.25, 0.3) is 0 Å². The van der Waals surface area contributed by atoms with E-state index in [0.29, 0.717) is 6.54 Å². The average molecular weight is 268 g/mol. The van der Waals surface area contributed by atoms with Crippen molar-refractivity contribution in [3.63, 3.8) is 0 Å². The van der Waals surface area contributed by atoms with Crippen molar-refractivity contribution < 1.29 is 0 Å². The summed E-state index contributed by atoms with van der Waals surface area (Å²) in [5.74, 6) is 0. The third-order valence-electron chi connectivity index (χ3n) is 4.20. The number of hydrogen-bond donors (Lipinski definition) is 1. The molecule has 0 aliphatic heterocycles. The number of nitrogens with two attached hydrogens (primary N) is 1. The molecule has 0 fully saturated rings. The van der Waals surface area contributed by atoms with Gasteiger partial charge in [-0.25, -0.2) is 0 Å². The Morgan fingerprint density at radius 2 is 1.55 bits per heavy atom. The normalized spacial score (nSPS) is 10.7. The Hall–Kier alpha value is -1.80. The predicted molar refractivity (Wildman–Crippen MR) is 87.8 cm³/mol. The van der Waals surface area contributed by atoms with E-state index in [-0.39, 0.29) is 0 Å². The van der Waals surface area contributed by atoms with Crippen LogP contribution < -0.4 is 10.6 Å². The smallest absolute Gasteiger partial charge is 0.0472 e. The number of benzene rings is 2. The Labute approximate surface area is 122 Å². The van der Waals surface area contributed by atoms with Crippen LogP contribution >= 0.6 is 0 Å². The summed E-state index contributed by atoms with van der Waals surface area (Å²) in [5, 5.41) is 0.